The first kappa shape index (κ1) is 10.6. The van der Waals surface area contributed by atoms with Gasteiger partial charge in [0.2, 0.25) is 0 Å². The molecule has 2 fully saturated rings. The first-order valence-corrected chi connectivity index (χ1v) is 5.72. The average molecular weight is 219 g/mol. The van der Waals surface area contributed by atoms with Crippen LogP contribution in [0.1, 0.15) is 6.42 Å². The van der Waals surface area contributed by atoms with Crippen molar-refractivity contribution >= 4 is 11.6 Å². The number of nitrogens with one attached hydrogen (secondary N) is 1. The standard InChI is InChI=1S/C9H19ClN4/c10-7-3-13-4-8(12)9(7)14-2-1-6(11)5-14/h6-9,13H,1-5,11-12H2/t6-,7?,8?,9?/m1/s1. The van der Waals surface area contributed by atoms with Gasteiger partial charge in [-0.15, -0.1) is 11.6 Å². The largest absolute Gasteiger partial charge is 0.326 e. The normalized spacial score (nSPS) is 45.6. The van der Waals surface area contributed by atoms with Gasteiger partial charge in [-0.05, 0) is 6.42 Å². The number of halogens is 1. The first-order valence-electron chi connectivity index (χ1n) is 5.28. The maximum atomic E-state index is 6.28. The molecule has 5 heteroatoms. The minimum atomic E-state index is 0.115. The van der Waals surface area contributed by atoms with Crippen molar-refractivity contribution in [3.8, 4) is 0 Å². The van der Waals surface area contributed by atoms with Crippen LogP contribution in [0.15, 0.2) is 0 Å². The zero-order valence-electron chi connectivity index (χ0n) is 8.32. The van der Waals surface area contributed by atoms with Gasteiger partial charge in [0.25, 0.3) is 0 Å². The summed E-state index contributed by atoms with van der Waals surface area (Å²) in [6, 6.07) is 0.740. The van der Waals surface area contributed by atoms with Crippen LogP contribution in [0.5, 0.6) is 0 Å². The molecule has 0 aromatic rings. The summed E-state index contributed by atoms with van der Waals surface area (Å²) in [7, 11) is 0. The Morgan fingerprint density at radius 1 is 1.29 bits per heavy atom. The summed E-state index contributed by atoms with van der Waals surface area (Å²) < 4.78 is 0. The summed E-state index contributed by atoms with van der Waals surface area (Å²) in [6.07, 6.45) is 1.07. The Labute approximate surface area is 89.9 Å². The minimum absolute atomic E-state index is 0.115. The van der Waals surface area contributed by atoms with Crippen molar-refractivity contribution < 1.29 is 0 Å². The van der Waals surface area contributed by atoms with E-state index in [1.54, 1.807) is 0 Å². The third kappa shape index (κ3) is 2.04. The second-order valence-corrected chi connectivity index (χ2v) is 4.93. The van der Waals surface area contributed by atoms with Crippen molar-refractivity contribution in [2.24, 2.45) is 11.5 Å². The fraction of sp³-hybridized carbons (Fsp3) is 1.00. The van der Waals surface area contributed by atoms with E-state index in [1.807, 2.05) is 0 Å². The number of nitrogens with two attached hydrogens (primary N) is 2. The molecule has 2 heterocycles. The quantitative estimate of drug-likeness (QED) is 0.491. The Kier molecular flexibility index (Phi) is 3.29. The van der Waals surface area contributed by atoms with E-state index < -0.39 is 0 Å². The number of rotatable bonds is 1. The van der Waals surface area contributed by atoms with E-state index >= 15 is 0 Å². The van der Waals surface area contributed by atoms with Crippen LogP contribution in [0.4, 0.5) is 0 Å². The number of hydrogen-bond acceptors (Lipinski definition) is 4. The molecule has 4 atom stereocenters. The van der Waals surface area contributed by atoms with Crippen molar-refractivity contribution in [3.63, 3.8) is 0 Å². The van der Waals surface area contributed by atoms with Gasteiger partial charge in [-0.2, -0.15) is 0 Å². The number of nitrogens with zero attached hydrogens (tertiary/aromatic N) is 1. The zero-order valence-corrected chi connectivity index (χ0v) is 9.08. The Morgan fingerprint density at radius 2 is 2.07 bits per heavy atom. The van der Waals surface area contributed by atoms with Gasteiger partial charge < -0.3 is 16.8 Å². The summed E-state index contributed by atoms with van der Waals surface area (Å²) in [6.45, 7) is 3.70. The van der Waals surface area contributed by atoms with Gasteiger partial charge in [-0.3, -0.25) is 4.90 Å². The highest BCUT2D eigenvalue weighted by molar-refractivity contribution is 6.21. The van der Waals surface area contributed by atoms with Gasteiger partial charge >= 0.3 is 0 Å². The van der Waals surface area contributed by atoms with Gasteiger partial charge in [-0.25, -0.2) is 0 Å². The monoisotopic (exact) mass is 218 g/mol. The molecule has 2 rings (SSSR count). The SMILES string of the molecule is NC1CNCC(Cl)C1N1CC[C@@H](N)C1. The predicted molar refractivity (Wildman–Crippen MR) is 58.4 cm³/mol. The highest BCUT2D eigenvalue weighted by atomic mass is 35.5. The van der Waals surface area contributed by atoms with Crippen LogP contribution in [0.3, 0.4) is 0 Å². The fourth-order valence-corrected chi connectivity index (χ4v) is 2.94. The molecule has 0 radical (unpaired) electrons. The molecule has 0 spiro atoms. The van der Waals surface area contributed by atoms with Gasteiger partial charge in [-0.1, -0.05) is 0 Å². The Balaban J connectivity index is 1.99. The van der Waals surface area contributed by atoms with Crippen LogP contribution in [0, 0.1) is 0 Å². The lowest BCUT2D eigenvalue weighted by Gasteiger charge is -2.39. The van der Waals surface area contributed by atoms with Gasteiger partial charge in [0.05, 0.1) is 5.38 Å². The minimum Gasteiger partial charge on any atom is -0.326 e. The molecular weight excluding hydrogens is 200 g/mol. The van der Waals surface area contributed by atoms with E-state index in [0.717, 1.165) is 32.6 Å². The summed E-state index contributed by atoms with van der Waals surface area (Å²) in [4.78, 5) is 2.36. The van der Waals surface area contributed by atoms with Gasteiger partial charge in [0, 0.05) is 44.3 Å². The van der Waals surface area contributed by atoms with Crippen molar-refractivity contribution in [2.45, 2.75) is 29.9 Å². The van der Waals surface area contributed by atoms with E-state index in [0.29, 0.717) is 12.1 Å². The van der Waals surface area contributed by atoms with E-state index in [-0.39, 0.29) is 11.4 Å². The molecule has 14 heavy (non-hydrogen) atoms. The first-order chi connectivity index (χ1) is 6.68. The van der Waals surface area contributed by atoms with Crippen molar-refractivity contribution in [3.05, 3.63) is 0 Å². The van der Waals surface area contributed by atoms with Crippen LogP contribution in [-0.4, -0.2) is 54.6 Å². The lowest BCUT2D eigenvalue weighted by Crippen LogP contribution is -2.62. The molecular formula is C9H19ClN4. The van der Waals surface area contributed by atoms with Crippen molar-refractivity contribution in [1.82, 2.24) is 10.2 Å². The average Bonchev–Trinajstić information content (AvgIpc) is 2.51. The van der Waals surface area contributed by atoms with Crippen molar-refractivity contribution in [1.29, 1.82) is 0 Å². The number of piperidine rings is 1. The molecule has 82 valence electrons. The fourth-order valence-electron chi connectivity index (χ4n) is 2.48. The molecule has 0 aliphatic carbocycles. The Morgan fingerprint density at radius 3 is 2.64 bits per heavy atom. The molecule has 0 amide bonds. The number of likely N-dealkylation sites (tertiary alicyclic amines) is 1. The lowest BCUT2D eigenvalue weighted by atomic mass is 10.00. The summed E-state index contributed by atoms with van der Waals surface area (Å²) in [5, 5.41) is 3.35. The molecule has 0 bridgehead atoms. The second kappa shape index (κ2) is 4.33. The summed E-state index contributed by atoms with van der Waals surface area (Å²) in [5.41, 5.74) is 11.9. The molecule has 2 aliphatic rings. The highest BCUT2D eigenvalue weighted by Crippen LogP contribution is 2.20. The van der Waals surface area contributed by atoms with Gasteiger partial charge in [0.15, 0.2) is 0 Å². The third-order valence-corrected chi connectivity index (χ3v) is 3.62. The lowest BCUT2D eigenvalue weighted by molar-refractivity contribution is 0.178. The van der Waals surface area contributed by atoms with E-state index in [4.69, 9.17) is 23.1 Å². The zero-order chi connectivity index (χ0) is 10.1. The summed E-state index contributed by atoms with van der Waals surface area (Å²) >= 11 is 6.28. The van der Waals surface area contributed by atoms with Crippen LogP contribution >= 0.6 is 11.6 Å². The van der Waals surface area contributed by atoms with Crippen LogP contribution < -0.4 is 16.8 Å². The maximum absolute atomic E-state index is 6.28. The smallest absolute Gasteiger partial charge is 0.0631 e. The van der Waals surface area contributed by atoms with Crippen LogP contribution in [0.25, 0.3) is 0 Å². The molecule has 0 aromatic carbocycles. The topological polar surface area (TPSA) is 67.3 Å². The molecule has 3 unspecified atom stereocenters. The van der Waals surface area contributed by atoms with E-state index in [2.05, 4.69) is 10.2 Å². The highest BCUT2D eigenvalue weighted by Gasteiger charge is 2.37. The molecule has 2 saturated heterocycles. The van der Waals surface area contributed by atoms with Gasteiger partial charge in [0.1, 0.15) is 0 Å². The number of alkyl halides is 1. The number of hydrogen-bond donors (Lipinski definition) is 3. The Hall–Kier alpha value is 0.130. The third-order valence-electron chi connectivity index (χ3n) is 3.21. The van der Waals surface area contributed by atoms with E-state index in [1.165, 1.54) is 0 Å². The Bertz CT molecular complexity index is 191. The summed E-state index contributed by atoms with van der Waals surface area (Å²) in [5.74, 6) is 0. The molecule has 4 nitrogen and oxygen atoms in total. The van der Waals surface area contributed by atoms with Crippen LogP contribution in [0.2, 0.25) is 0 Å². The predicted octanol–water partition coefficient (Wildman–Crippen LogP) is -1.07. The molecule has 5 N–H and O–H groups in total. The molecule has 0 aromatic heterocycles. The molecule has 2 aliphatic heterocycles. The second-order valence-electron chi connectivity index (χ2n) is 4.37. The van der Waals surface area contributed by atoms with Crippen LogP contribution in [-0.2, 0) is 0 Å². The van der Waals surface area contributed by atoms with Crippen molar-refractivity contribution in [2.75, 3.05) is 26.2 Å². The maximum Gasteiger partial charge on any atom is 0.0631 e. The van der Waals surface area contributed by atoms with E-state index in [9.17, 15) is 0 Å². The molecule has 0 saturated carbocycles.